The van der Waals surface area contributed by atoms with Gasteiger partial charge in [-0.05, 0) is 37.1 Å². The van der Waals surface area contributed by atoms with Crippen molar-refractivity contribution < 1.29 is 14.3 Å². The third-order valence-electron chi connectivity index (χ3n) is 4.82. The van der Waals surface area contributed by atoms with Crippen molar-refractivity contribution >= 4 is 23.1 Å². The molecule has 0 atom stereocenters. The molecule has 6 nitrogen and oxygen atoms in total. The highest BCUT2D eigenvalue weighted by Crippen LogP contribution is 2.33. The van der Waals surface area contributed by atoms with Gasteiger partial charge in [-0.3, -0.25) is 4.79 Å². The zero-order valence-electron chi connectivity index (χ0n) is 14.7. The molecule has 136 valence electrons. The van der Waals surface area contributed by atoms with E-state index in [9.17, 15) is 4.79 Å². The number of nitrogens with zero attached hydrogens (tertiary/aromatic N) is 1. The lowest BCUT2D eigenvalue weighted by Gasteiger charge is -2.20. The minimum Gasteiger partial charge on any atom is -0.486 e. The monoisotopic (exact) mass is 353 g/mol. The number of hydrogen-bond donors (Lipinski definition) is 2. The SMILES string of the molecule is O=C(Nc1ccc(Nc2ccc3c(c2)OCCO3)nc1)C1CCCCC1. The van der Waals surface area contributed by atoms with E-state index in [0.29, 0.717) is 19.0 Å². The van der Waals surface area contributed by atoms with Crippen molar-refractivity contribution in [1.82, 2.24) is 4.98 Å². The minimum atomic E-state index is 0.110. The summed E-state index contributed by atoms with van der Waals surface area (Å²) in [5.74, 6) is 2.45. The van der Waals surface area contributed by atoms with Gasteiger partial charge in [0.05, 0.1) is 11.9 Å². The first-order chi connectivity index (χ1) is 12.8. The van der Waals surface area contributed by atoms with Crippen LogP contribution in [0.2, 0.25) is 0 Å². The van der Waals surface area contributed by atoms with Crippen LogP contribution in [-0.4, -0.2) is 24.1 Å². The largest absolute Gasteiger partial charge is 0.486 e. The number of nitrogens with one attached hydrogen (secondary N) is 2. The van der Waals surface area contributed by atoms with Crippen LogP contribution in [0.3, 0.4) is 0 Å². The summed E-state index contributed by atoms with van der Waals surface area (Å²) < 4.78 is 11.1. The maximum absolute atomic E-state index is 12.3. The van der Waals surface area contributed by atoms with Crippen LogP contribution in [0, 0.1) is 5.92 Å². The zero-order valence-corrected chi connectivity index (χ0v) is 14.7. The molecule has 2 aliphatic rings. The lowest BCUT2D eigenvalue weighted by Crippen LogP contribution is -2.24. The van der Waals surface area contributed by atoms with E-state index in [2.05, 4.69) is 15.6 Å². The highest BCUT2D eigenvalue weighted by Gasteiger charge is 2.21. The molecule has 0 saturated heterocycles. The quantitative estimate of drug-likeness (QED) is 0.865. The van der Waals surface area contributed by atoms with Gasteiger partial charge in [-0.1, -0.05) is 19.3 Å². The topological polar surface area (TPSA) is 72.5 Å². The summed E-state index contributed by atoms with van der Waals surface area (Å²) in [6.45, 7) is 1.14. The lowest BCUT2D eigenvalue weighted by atomic mass is 9.88. The molecule has 1 amide bonds. The number of fused-ring (bicyclic) bond motifs is 1. The predicted molar refractivity (Wildman–Crippen MR) is 100 cm³/mol. The molecule has 1 aromatic carbocycles. The first kappa shape index (κ1) is 16.7. The Morgan fingerprint density at radius 1 is 0.962 bits per heavy atom. The second-order valence-corrected chi connectivity index (χ2v) is 6.74. The van der Waals surface area contributed by atoms with E-state index in [1.54, 1.807) is 6.20 Å². The highest BCUT2D eigenvalue weighted by atomic mass is 16.6. The normalized spacial score (nSPS) is 16.8. The van der Waals surface area contributed by atoms with Crippen LogP contribution in [0.5, 0.6) is 11.5 Å². The summed E-state index contributed by atoms with van der Waals surface area (Å²) in [4.78, 5) is 16.7. The van der Waals surface area contributed by atoms with Gasteiger partial charge in [0.2, 0.25) is 5.91 Å². The Balaban J connectivity index is 1.37. The Morgan fingerprint density at radius 2 is 1.73 bits per heavy atom. The number of carbonyl (C=O) groups excluding carboxylic acids is 1. The molecule has 0 bridgehead atoms. The summed E-state index contributed by atoms with van der Waals surface area (Å²) in [5.41, 5.74) is 1.61. The molecule has 2 aromatic rings. The highest BCUT2D eigenvalue weighted by molar-refractivity contribution is 5.92. The van der Waals surface area contributed by atoms with E-state index >= 15 is 0 Å². The number of rotatable bonds is 4. The summed E-state index contributed by atoms with van der Waals surface area (Å²) >= 11 is 0. The van der Waals surface area contributed by atoms with Crippen LogP contribution in [0.25, 0.3) is 0 Å². The molecule has 2 heterocycles. The van der Waals surface area contributed by atoms with Crippen molar-refractivity contribution in [3.8, 4) is 11.5 Å². The van der Waals surface area contributed by atoms with Crippen LogP contribution < -0.4 is 20.1 Å². The van der Waals surface area contributed by atoms with Crippen molar-refractivity contribution in [3.05, 3.63) is 36.5 Å². The molecule has 1 aliphatic carbocycles. The number of amides is 1. The first-order valence-corrected chi connectivity index (χ1v) is 9.21. The van der Waals surface area contributed by atoms with Gasteiger partial charge in [0.15, 0.2) is 11.5 Å². The number of benzene rings is 1. The van der Waals surface area contributed by atoms with E-state index in [1.165, 1.54) is 6.42 Å². The van der Waals surface area contributed by atoms with Crippen molar-refractivity contribution in [3.63, 3.8) is 0 Å². The summed E-state index contributed by atoms with van der Waals surface area (Å²) in [6, 6.07) is 9.43. The molecule has 2 N–H and O–H groups in total. The standard InChI is InChI=1S/C20H23N3O3/c24-20(14-4-2-1-3-5-14)23-16-7-9-19(21-13-16)22-15-6-8-17-18(12-15)26-11-10-25-17/h6-9,12-14H,1-5,10-11H2,(H,21,22)(H,23,24). The fourth-order valence-electron chi connectivity index (χ4n) is 3.42. The zero-order chi connectivity index (χ0) is 17.8. The van der Waals surface area contributed by atoms with Gasteiger partial charge >= 0.3 is 0 Å². The van der Waals surface area contributed by atoms with Gasteiger partial charge in [-0.25, -0.2) is 4.98 Å². The van der Waals surface area contributed by atoms with Gasteiger partial charge in [0.25, 0.3) is 0 Å². The Labute approximate surface area is 152 Å². The van der Waals surface area contributed by atoms with Crippen molar-refractivity contribution in [1.29, 1.82) is 0 Å². The average molecular weight is 353 g/mol. The minimum absolute atomic E-state index is 0.110. The van der Waals surface area contributed by atoms with Gasteiger partial charge < -0.3 is 20.1 Å². The molecule has 26 heavy (non-hydrogen) atoms. The number of anilines is 3. The number of ether oxygens (including phenoxy) is 2. The van der Waals surface area contributed by atoms with Gasteiger partial charge in [0.1, 0.15) is 19.0 Å². The summed E-state index contributed by atoms with van der Waals surface area (Å²) in [7, 11) is 0. The molecule has 0 radical (unpaired) electrons. The Hall–Kier alpha value is -2.76. The van der Waals surface area contributed by atoms with E-state index < -0.39 is 0 Å². The predicted octanol–water partition coefficient (Wildman–Crippen LogP) is 4.12. The smallest absolute Gasteiger partial charge is 0.227 e. The lowest BCUT2D eigenvalue weighted by molar-refractivity contribution is -0.120. The Kier molecular flexibility index (Phi) is 4.91. The average Bonchev–Trinajstić information content (AvgIpc) is 2.70. The van der Waals surface area contributed by atoms with Crippen LogP contribution in [-0.2, 0) is 4.79 Å². The summed E-state index contributed by atoms with van der Waals surface area (Å²) in [6.07, 6.45) is 7.20. The Bertz CT molecular complexity index is 770. The molecule has 0 spiro atoms. The van der Waals surface area contributed by atoms with Gasteiger partial charge in [-0.15, -0.1) is 0 Å². The third-order valence-corrected chi connectivity index (χ3v) is 4.82. The fraction of sp³-hybridized carbons (Fsp3) is 0.400. The third kappa shape index (κ3) is 3.90. The van der Waals surface area contributed by atoms with Crippen LogP contribution >= 0.6 is 0 Å². The second-order valence-electron chi connectivity index (χ2n) is 6.74. The van der Waals surface area contributed by atoms with Crippen LogP contribution in [0.15, 0.2) is 36.5 Å². The summed E-state index contributed by atoms with van der Waals surface area (Å²) in [5, 5.41) is 6.22. The number of pyridine rings is 1. The molecule has 1 saturated carbocycles. The number of carbonyl (C=O) groups is 1. The van der Waals surface area contributed by atoms with Crippen molar-refractivity contribution in [2.75, 3.05) is 23.8 Å². The van der Waals surface area contributed by atoms with E-state index in [0.717, 1.165) is 48.6 Å². The van der Waals surface area contributed by atoms with E-state index in [4.69, 9.17) is 9.47 Å². The van der Waals surface area contributed by atoms with E-state index in [-0.39, 0.29) is 11.8 Å². The molecule has 1 fully saturated rings. The second kappa shape index (κ2) is 7.64. The maximum Gasteiger partial charge on any atom is 0.227 e. The van der Waals surface area contributed by atoms with Gasteiger partial charge in [-0.2, -0.15) is 0 Å². The molecule has 4 rings (SSSR count). The molecule has 0 unspecified atom stereocenters. The fourth-order valence-corrected chi connectivity index (χ4v) is 3.42. The van der Waals surface area contributed by atoms with E-state index in [1.807, 2.05) is 30.3 Å². The molecular weight excluding hydrogens is 330 g/mol. The van der Waals surface area contributed by atoms with Crippen molar-refractivity contribution in [2.45, 2.75) is 32.1 Å². The van der Waals surface area contributed by atoms with Crippen LogP contribution in [0.1, 0.15) is 32.1 Å². The Morgan fingerprint density at radius 3 is 2.50 bits per heavy atom. The first-order valence-electron chi connectivity index (χ1n) is 9.21. The van der Waals surface area contributed by atoms with Crippen LogP contribution in [0.4, 0.5) is 17.2 Å². The molecule has 6 heteroatoms. The molecular formula is C20H23N3O3. The van der Waals surface area contributed by atoms with Gasteiger partial charge in [0, 0.05) is 17.7 Å². The number of aromatic nitrogens is 1. The number of hydrogen-bond acceptors (Lipinski definition) is 5. The maximum atomic E-state index is 12.3. The van der Waals surface area contributed by atoms with Crippen molar-refractivity contribution in [2.24, 2.45) is 5.92 Å². The molecule has 1 aliphatic heterocycles. The molecule has 1 aromatic heterocycles.